The maximum Gasteiger partial charge on any atom is 0.482 e. The summed E-state index contributed by atoms with van der Waals surface area (Å²) >= 11 is 0. The van der Waals surface area contributed by atoms with Crippen molar-refractivity contribution < 1.29 is 44.3 Å². The number of nitrogens with one attached hydrogen (secondary N) is 1. The first-order valence-electron chi connectivity index (χ1n) is 7.11. The first-order chi connectivity index (χ1) is 12.4. The van der Waals surface area contributed by atoms with Crippen LogP contribution in [0.3, 0.4) is 0 Å². The van der Waals surface area contributed by atoms with Crippen LogP contribution in [0.5, 0.6) is 11.5 Å². The van der Waals surface area contributed by atoms with Crippen LogP contribution >= 0.6 is 0 Å². The molecule has 27 heavy (non-hydrogen) atoms. The third kappa shape index (κ3) is 4.40. The van der Waals surface area contributed by atoms with Gasteiger partial charge in [0.1, 0.15) is 5.75 Å². The van der Waals surface area contributed by atoms with Gasteiger partial charge in [-0.05, 0) is 18.2 Å². The molecule has 0 fully saturated rings. The first-order valence-corrected chi connectivity index (χ1v) is 7.11. The number of hydrogen-bond acceptors (Lipinski definition) is 2. The number of para-hydroxylation sites is 3. The second kappa shape index (κ2) is 7.20. The summed E-state index contributed by atoms with van der Waals surface area (Å²) in [5, 5.41) is 1.09. The Bertz CT molecular complexity index is 788. The molecule has 0 amide bonds. The van der Waals surface area contributed by atoms with Crippen LogP contribution in [0.15, 0.2) is 48.5 Å². The molecule has 1 atom stereocenters. The molecule has 0 bridgehead atoms. The van der Waals surface area contributed by atoms with Crippen molar-refractivity contribution in [3.63, 3.8) is 0 Å². The highest BCUT2D eigenvalue weighted by atomic mass is 19.4. The summed E-state index contributed by atoms with van der Waals surface area (Å²) in [7, 11) is 0. The quantitative estimate of drug-likeness (QED) is 0.461. The van der Waals surface area contributed by atoms with Gasteiger partial charge in [0, 0.05) is 5.56 Å². The van der Waals surface area contributed by atoms with Gasteiger partial charge in [-0.15, -0.1) is 0 Å². The maximum atomic E-state index is 14.3. The van der Waals surface area contributed by atoms with E-state index < -0.39 is 47.3 Å². The fourth-order valence-corrected chi connectivity index (χ4v) is 2.18. The minimum atomic E-state index is -6.00. The predicted molar refractivity (Wildman–Crippen MR) is 77.5 cm³/mol. The van der Waals surface area contributed by atoms with Crippen molar-refractivity contribution in [2.75, 3.05) is 5.32 Å². The molecule has 1 unspecified atom stereocenters. The van der Waals surface area contributed by atoms with Crippen molar-refractivity contribution in [2.24, 2.45) is 0 Å². The number of rotatable bonds is 5. The molecule has 0 saturated carbocycles. The third-order valence-electron chi connectivity index (χ3n) is 3.38. The number of halogens is 9. The maximum absolute atomic E-state index is 14.3. The molecule has 2 aromatic rings. The van der Waals surface area contributed by atoms with Gasteiger partial charge in [0.2, 0.25) is 0 Å². The molecular weight excluding hydrogens is 393 g/mol. The Morgan fingerprint density at radius 1 is 0.741 bits per heavy atom. The minimum Gasteiger partial charge on any atom is -0.455 e. The molecule has 0 aliphatic carbocycles. The molecular formula is C16H10F9NO. The van der Waals surface area contributed by atoms with Crippen molar-refractivity contribution in [1.82, 2.24) is 0 Å². The Labute approximate surface area is 146 Å². The van der Waals surface area contributed by atoms with Gasteiger partial charge in [-0.3, -0.25) is 5.32 Å². The lowest BCUT2D eigenvalue weighted by Gasteiger charge is -2.29. The lowest BCUT2D eigenvalue weighted by atomic mass is 9.94. The Morgan fingerprint density at radius 3 is 1.78 bits per heavy atom. The number of benzene rings is 2. The fourth-order valence-electron chi connectivity index (χ4n) is 2.18. The Hall–Kier alpha value is -2.59. The summed E-state index contributed by atoms with van der Waals surface area (Å²) < 4.78 is 122. The van der Waals surface area contributed by atoms with E-state index in [0.29, 0.717) is 6.07 Å². The van der Waals surface area contributed by atoms with Gasteiger partial charge in [0.25, 0.3) is 12.1 Å². The highest BCUT2D eigenvalue weighted by molar-refractivity contribution is 5.58. The zero-order valence-electron chi connectivity index (χ0n) is 13.0. The third-order valence-corrected chi connectivity index (χ3v) is 3.38. The van der Waals surface area contributed by atoms with Crippen LogP contribution in [0.4, 0.5) is 45.2 Å². The van der Waals surface area contributed by atoms with Gasteiger partial charge < -0.3 is 4.74 Å². The molecule has 0 spiro atoms. The summed E-state index contributed by atoms with van der Waals surface area (Å²) in [5.74, 6) is -1.64. The standard InChI is InChI=1S/C16H10F9NO/c17-13(18)14(19,15(20,21)22)9-5-1-3-7-11(9)27-12-8-4-2-6-10(12)26-16(23,24)25/h1-8,13,26H. The predicted octanol–water partition coefficient (Wildman–Crippen LogP) is 6.40. The molecule has 0 aromatic heterocycles. The number of ether oxygens (including phenoxy) is 1. The van der Waals surface area contributed by atoms with E-state index in [9.17, 15) is 39.5 Å². The van der Waals surface area contributed by atoms with Crippen molar-refractivity contribution in [1.29, 1.82) is 0 Å². The highest BCUT2D eigenvalue weighted by Crippen LogP contribution is 2.50. The topological polar surface area (TPSA) is 21.3 Å². The zero-order valence-corrected chi connectivity index (χ0v) is 13.0. The van der Waals surface area contributed by atoms with E-state index in [1.807, 2.05) is 0 Å². The van der Waals surface area contributed by atoms with Crippen LogP contribution in [-0.4, -0.2) is 18.9 Å². The summed E-state index contributed by atoms with van der Waals surface area (Å²) in [6.07, 6.45) is -15.4. The average Bonchev–Trinajstić information content (AvgIpc) is 2.54. The number of alkyl halides is 9. The van der Waals surface area contributed by atoms with Crippen LogP contribution in [0.2, 0.25) is 0 Å². The van der Waals surface area contributed by atoms with Crippen molar-refractivity contribution in [3.8, 4) is 11.5 Å². The smallest absolute Gasteiger partial charge is 0.455 e. The molecule has 2 rings (SSSR count). The van der Waals surface area contributed by atoms with Gasteiger partial charge >= 0.3 is 12.5 Å². The minimum absolute atomic E-state index is 0.425. The van der Waals surface area contributed by atoms with Crippen LogP contribution in [0.1, 0.15) is 5.56 Å². The summed E-state index contributed by atoms with van der Waals surface area (Å²) in [6.45, 7) is 0. The average molecular weight is 403 g/mol. The van der Waals surface area contributed by atoms with Crippen LogP contribution < -0.4 is 10.1 Å². The zero-order chi connectivity index (χ0) is 20.5. The first kappa shape index (κ1) is 20.7. The SMILES string of the molecule is FC(F)C(F)(c1ccccc1Oc1ccccc1NC(F)(F)F)C(F)(F)F. The van der Waals surface area contributed by atoms with E-state index in [2.05, 4.69) is 0 Å². The highest BCUT2D eigenvalue weighted by Gasteiger charge is 2.65. The normalized spacial score (nSPS) is 14.7. The Balaban J connectivity index is 2.53. The second-order valence-corrected chi connectivity index (χ2v) is 5.23. The van der Waals surface area contributed by atoms with Gasteiger partial charge in [-0.25, -0.2) is 13.2 Å². The van der Waals surface area contributed by atoms with Gasteiger partial charge in [-0.1, -0.05) is 30.3 Å². The van der Waals surface area contributed by atoms with Crippen molar-refractivity contribution in [2.45, 2.75) is 24.6 Å². The summed E-state index contributed by atoms with van der Waals surface area (Å²) in [4.78, 5) is 0. The van der Waals surface area contributed by atoms with Crippen LogP contribution in [0.25, 0.3) is 0 Å². The molecule has 0 saturated heterocycles. The molecule has 2 aromatic carbocycles. The Morgan fingerprint density at radius 2 is 1.26 bits per heavy atom. The van der Waals surface area contributed by atoms with E-state index in [4.69, 9.17) is 4.74 Å². The molecule has 1 N–H and O–H groups in total. The molecule has 11 heteroatoms. The largest absolute Gasteiger partial charge is 0.482 e. The fraction of sp³-hybridized carbons (Fsp3) is 0.250. The lowest BCUT2D eigenvalue weighted by Crippen LogP contribution is -2.44. The molecule has 0 aliphatic rings. The number of hydrogen-bond donors (Lipinski definition) is 1. The van der Waals surface area contributed by atoms with E-state index >= 15 is 0 Å². The second-order valence-electron chi connectivity index (χ2n) is 5.23. The Kier molecular flexibility index (Phi) is 5.52. The molecule has 148 valence electrons. The molecule has 0 heterocycles. The molecule has 0 radical (unpaired) electrons. The molecule has 2 nitrogen and oxygen atoms in total. The van der Waals surface area contributed by atoms with Crippen LogP contribution in [-0.2, 0) is 5.67 Å². The van der Waals surface area contributed by atoms with Gasteiger partial charge in [-0.2, -0.15) is 26.3 Å². The van der Waals surface area contributed by atoms with Crippen molar-refractivity contribution >= 4 is 5.69 Å². The van der Waals surface area contributed by atoms with Crippen LogP contribution in [0, 0.1) is 0 Å². The molecule has 0 aliphatic heterocycles. The summed E-state index contributed by atoms with van der Waals surface area (Å²) in [5.41, 5.74) is -7.33. The lowest BCUT2D eigenvalue weighted by molar-refractivity contribution is -0.274. The van der Waals surface area contributed by atoms with E-state index in [-0.39, 0.29) is 0 Å². The van der Waals surface area contributed by atoms with Gasteiger partial charge in [0.05, 0.1) is 5.69 Å². The van der Waals surface area contributed by atoms with E-state index in [1.54, 1.807) is 0 Å². The summed E-state index contributed by atoms with van der Waals surface area (Å²) in [6, 6.07) is 7.29. The van der Waals surface area contributed by atoms with Crippen molar-refractivity contribution in [3.05, 3.63) is 54.1 Å². The van der Waals surface area contributed by atoms with E-state index in [1.165, 1.54) is 12.1 Å². The van der Waals surface area contributed by atoms with E-state index in [0.717, 1.165) is 35.6 Å². The number of anilines is 1. The van der Waals surface area contributed by atoms with Gasteiger partial charge in [0.15, 0.2) is 5.75 Å². The monoisotopic (exact) mass is 403 g/mol.